The molecule has 0 radical (unpaired) electrons. The third-order valence-electron chi connectivity index (χ3n) is 6.21. The predicted octanol–water partition coefficient (Wildman–Crippen LogP) is 1.69. The zero-order chi connectivity index (χ0) is 18.3. The van der Waals surface area contributed by atoms with Crippen molar-refractivity contribution in [3.63, 3.8) is 0 Å². The Kier molecular flexibility index (Phi) is 5.27. The van der Waals surface area contributed by atoms with Crippen LogP contribution in [0.4, 0.5) is 0 Å². The standard InChI is InChI=1S/C19H30O7/c1-11(20)15-17-18(26-19(25-17)8-4-3-5-9-19)16-13(24-15)7-6-12(23-16)10-14(21)22-2/h11-13,15-18,20H,3-10H2,1-2H3/t11-,12+,13-,15-,16-,17+,18-/m0/s1. The van der Waals surface area contributed by atoms with Crippen molar-refractivity contribution in [1.82, 2.24) is 0 Å². The first-order valence-corrected chi connectivity index (χ1v) is 9.93. The molecule has 0 aromatic rings. The van der Waals surface area contributed by atoms with Gasteiger partial charge >= 0.3 is 5.97 Å². The Balaban J connectivity index is 1.53. The highest BCUT2D eigenvalue weighted by Crippen LogP contribution is 2.47. The smallest absolute Gasteiger partial charge is 0.308 e. The van der Waals surface area contributed by atoms with Crippen LogP contribution >= 0.6 is 0 Å². The van der Waals surface area contributed by atoms with Crippen molar-refractivity contribution in [2.45, 2.75) is 107 Å². The van der Waals surface area contributed by atoms with Crippen LogP contribution in [0.15, 0.2) is 0 Å². The third kappa shape index (κ3) is 3.40. The molecule has 3 aliphatic heterocycles. The quantitative estimate of drug-likeness (QED) is 0.757. The van der Waals surface area contributed by atoms with Gasteiger partial charge in [0.1, 0.15) is 24.4 Å². The van der Waals surface area contributed by atoms with Gasteiger partial charge in [0, 0.05) is 12.8 Å². The fraction of sp³-hybridized carbons (Fsp3) is 0.947. The second-order valence-corrected chi connectivity index (χ2v) is 8.10. The van der Waals surface area contributed by atoms with Crippen molar-refractivity contribution in [1.29, 1.82) is 0 Å². The molecule has 7 atom stereocenters. The first kappa shape index (κ1) is 18.6. The summed E-state index contributed by atoms with van der Waals surface area (Å²) in [6.45, 7) is 1.74. The fourth-order valence-corrected chi connectivity index (χ4v) is 4.91. The van der Waals surface area contributed by atoms with Gasteiger partial charge in [-0.1, -0.05) is 6.42 Å². The molecule has 1 saturated carbocycles. The molecular formula is C19H30O7. The summed E-state index contributed by atoms with van der Waals surface area (Å²) in [5.41, 5.74) is 0. The Morgan fingerprint density at radius 1 is 1.12 bits per heavy atom. The van der Waals surface area contributed by atoms with Gasteiger partial charge in [0.15, 0.2) is 5.79 Å². The molecule has 0 aromatic heterocycles. The molecule has 3 heterocycles. The number of aliphatic hydroxyl groups is 1. The fourth-order valence-electron chi connectivity index (χ4n) is 4.91. The lowest BCUT2D eigenvalue weighted by molar-refractivity contribution is -0.252. The van der Waals surface area contributed by atoms with E-state index in [1.54, 1.807) is 6.92 Å². The highest BCUT2D eigenvalue weighted by Gasteiger charge is 2.60. The second-order valence-electron chi connectivity index (χ2n) is 8.10. The van der Waals surface area contributed by atoms with Crippen LogP contribution in [0.3, 0.4) is 0 Å². The molecule has 4 fully saturated rings. The van der Waals surface area contributed by atoms with Gasteiger partial charge in [-0.15, -0.1) is 0 Å². The van der Waals surface area contributed by atoms with Crippen LogP contribution < -0.4 is 0 Å². The monoisotopic (exact) mass is 370 g/mol. The van der Waals surface area contributed by atoms with Gasteiger partial charge in [0.05, 0.1) is 31.8 Å². The highest BCUT2D eigenvalue weighted by molar-refractivity contribution is 5.69. The van der Waals surface area contributed by atoms with E-state index in [0.717, 1.165) is 38.5 Å². The van der Waals surface area contributed by atoms with Gasteiger partial charge in [-0.05, 0) is 32.6 Å². The maximum absolute atomic E-state index is 11.6. The molecule has 1 N–H and O–H groups in total. The molecule has 3 saturated heterocycles. The summed E-state index contributed by atoms with van der Waals surface area (Å²) in [5, 5.41) is 10.2. The van der Waals surface area contributed by atoms with Crippen molar-refractivity contribution in [2.24, 2.45) is 0 Å². The van der Waals surface area contributed by atoms with E-state index >= 15 is 0 Å². The molecule has 0 unspecified atom stereocenters. The van der Waals surface area contributed by atoms with Gasteiger partial charge < -0.3 is 28.8 Å². The summed E-state index contributed by atoms with van der Waals surface area (Å²) in [6, 6.07) is 0. The zero-order valence-corrected chi connectivity index (χ0v) is 15.6. The molecule has 0 aromatic carbocycles. The first-order valence-electron chi connectivity index (χ1n) is 9.93. The molecule has 4 aliphatic rings. The topological polar surface area (TPSA) is 83.5 Å². The number of esters is 1. The van der Waals surface area contributed by atoms with Crippen LogP contribution in [0.5, 0.6) is 0 Å². The van der Waals surface area contributed by atoms with Gasteiger partial charge in [0.25, 0.3) is 0 Å². The van der Waals surface area contributed by atoms with Gasteiger partial charge in [-0.3, -0.25) is 4.79 Å². The molecule has 26 heavy (non-hydrogen) atoms. The highest BCUT2D eigenvalue weighted by atomic mass is 16.8. The van der Waals surface area contributed by atoms with E-state index in [2.05, 4.69) is 0 Å². The largest absolute Gasteiger partial charge is 0.469 e. The van der Waals surface area contributed by atoms with E-state index < -0.39 is 18.0 Å². The lowest BCUT2D eigenvalue weighted by Crippen LogP contribution is -2.62. The van der Waals surface area contributed by atoms with Crippen LogP contribution in [-0.2, 0) is 28.5 Å². The number of carbonyl (C=O) groups is 1. The van der Waals surface area contributed by atoms with E-state index in [9.17, 15) is 9.90 Å². The number of carbonyl (C=O) groups excluding carboxylic acids is 1. The van der Waals surface area contributed by atoms with Crippen LogP contribution in [0.25, 0.3) is 0 Å². The summed E-state index contributed by atoms with van der Waals surface area (Å²) in [6.07, 6.45) is 4.56. The minimum Gasteiger partial charge on any atom is -0.469 e. The average Bonchev–Trinajstić information content (AvgIpc) is 3.00. The van der Waals surface area contributed by atoms with Crippen LogP contribution in [0.2, 0.25) is 0 Å². The van der Waals surface area contributed by atoms with Gasteiger partial charge in [-0.25, -0.2) is 0 Å². The van der Waals surface area contributed by atoms with Gasteiger partial charge in [0.2, 0.25) is 0 Å². The van der Waals surface area contributed by atoms with Gasteiger partial charge in [-0.2, -0.15) is 0 Å². The number of hydrogen-bond donors (Lipinski definition) is 1. The molecule has 148 valence electrons. The van der Waals surface area contributed by atoms with E-state index in [1.165, 1.54) is 13.5 Å². The number of methoxy groups -OCH3 is 1. The maximum atomic E-state index is 11.6. The number of fused-ring (bicyclic) bond motifs is 3. The summed E-state index contributed by atoms with van der Waals surface area (Å²) in [4.78, 5) is 11.6. The maximum Gasteiger partial charge on any atom is 0.308 e. The minimum atomic E-state index is -0.640. The molecule has 0 bridgehead atoms. The number of ether oxygens (including phenoxy) is 5. The van der Waals surface area contributed by atoms with Crippen LogP contribution in [0, 0.1) is 0 Å². The predicted molar refractivity (Wildman–Crippen MR) is 90.4 cm³/mol. The number of rotatable bonds is 3. The van der Waals surface area contributed by atoms with E-state index in [-0.39, 0.29) is 42.9 Å². The average molecular weight is 370 g/mol. The van der Waals surface area contributed by atoms with Crippen molar-refractivity contribution in [2.75, 3.05) is 7.11 Å². The summed E-state index contributed by atoms with van der Waals surface area (Å²) in [5.74, 6) is -0.839. The van der Waals surface area contributed by atoms with Crippen molar-refractivity contribution >= 4 is 5.97 Å². The Hall–Kier alpha value is -0.730. The molecule has 7 nitrogen and oxygen atoms in total. The van der Waals surface area contributed by atoms with Crippen LogP contribution in [0.1, 0.15) is 58.3 Å². The number of hydrogen-bond acceptors (Lipinski definition) is 7. The normalized spacial score (nSPS) is 42.7. The summed E-state index contributed by atoms with van der Waals surface area (Å²) in [7, 11) is 1.39. The first-order chi connectivity index (χ1) is 12.5. The Bertz CT molecular complexity index is 516. The van der Waals surface area contributed by atoms with E-state index in [4.69, 9.17) is 23.7 Å². The zero-order valence-electron chi connectivity index (χ0n) is 15.6. The Morgan fingerprint density at radius 3 is 2.54 bits per heavy atom. The minimum absolute atomic E-state index is 0.146. The summed E-state index contributed by atoms with van der Waals surface area (Å²) < 4.78 is 30.0. The van der Waals surface area contributed by atoms with E-state index in [1.807, 2.05) is 0 Å². The Morgan fingerprint density at radius 2 is 1.85 bits per heavy atom. The van der Waals surface area contributed by atoms with Crippen LogP contribution in [-0.4, -0.2) is 66.7 Å². The lowest BCUT2D eigenvalue weighted by atomic mass is 9.87. The van der Waals surface area contributed by atoms with Crippen molar-refractivity contribution in [3.05, 3.63) is 0 Å². The Labute approximate surface area is 154 Å². The molecular weight excluding hydrogens is 340 g/mol. The second kappa shape index (κ2) is 7.36. The third-order valence-corrected chi connectivity index (χ3v) is 6.21. The lowest BCUT2D eigenvalue weighted by Gasteiger charge is -2.47. The molecule has 0 amide bonds. The molecule has 4 rings (SSSR count). The number of aliphatic hydroxyl groups excluding tert-OH is 1. The van der Waals surface area contributed by atoms with E-state index in [0.29, 0.717) is 0 Å². The SMILES string of the molecule is COC(=O)C[C@H]1CC[C@@H]2O[C@@H]([C@H](C)O)[C@H]3OC4(CCCCC4)O[C@H]3[C@H]2O1. The summed E-state index contributed by atoms with van der Waals surface area (Å²) >= 11 is 0. The molecule has 1 spiro atoms. The molecule has 7 heteroatoms. The molecule has 1 aliphatic carbocycles. The van der Waals surface area contributed by atoms with Crippen molar-refractivity contribution < 1.29 is 33.6 Å². The van der Waals surface area contributed by atoms with Crippen molar-refractivity contribution in [3.8, 4) is 0 Å².